The van der Waals surface area contributed by atoms with Crippen LogP contribution in [-0.2, 0) is 11.0 Å². The summed E-state index contributed by atoms with van der Waals surface area (Å²) in [7, 11) is 0. The largest absolute Gasteiger partial charge is 0.417 e. The van der Waals surface area contributed by atoms with E-state index in [0.717, 1.165) is 25.2 Å². The van der Waals surface area contributed by atoms with Crippen LogP contribution >= 0.6 is 11.6 Å². The fourth-order valence-corrected chi connectivity index (χ4v) is 3.37. The Labute approximate surface area is 142 Å². The van der Waals surface area contributed by atoms with Gasteiger partial charge in [0.15, 0.2) is 0 Å². The summed E-state index contributed by atoms with van der Waals surface area (Å²) in [6.07, 6.45) is -2.14. The van der Waals surface area contributed by atoms with Crippen LogP contribution in [-0.4, -0.2) is 43.1 Å². The van der Waals surface area contributed by atoms with E-state index in [-0.39, 0.29) is 22.9 Å². The van der Waals surface area contributed by atoms with Crippen molar-refractivity contribution in [3.05, 3.63) is 22.8 Å². The highest BCUT2D eigenvalue weighted by Gasteiger charge is 2.33. The lowest BCUT2D eigenvalue weighted by molar-refractivity contribution is -0.137. The minimum absolute atomic E-state index is 0.00756. The molecule has 2 fully saturated rings. The molecule has 2 aliphatic rings. The van der Waals surface area contributed by atoms with Gasteiger partial charge in [-0.2, -0.15) is 13.2 Å². The molecule has 2 unspecified atom stereocenters. The third kappa shape index (κ3) is 3.75. The number of hydrogen-bond donors (Lipinski definition) is 2. The third-order valence-electron chi connectivity index (χ3n) is 4.41. The van der Waals surface area contributed by atoms with E-state index in [1.165, 1.54) is 0 Å². The second kappa shape index (κ2) is 6.76. The number of alkyl halides is 3. The summed E-state index contributed by atoms with van der Waals surface area (Å²) in [4.78, 5) is 17.8. The van der Waals surface area contributed by atoms with Gasteiger partial charge in [-0.3, -0.25) is 4.79 Å². The van der Waals surface area contributed by atoms with Gasteiger partial charge in [-0.1, -0.05) is 11.6 Å². The highest BCUT2D eigenvalue weighted by Crippen LogP contribution is 2.34. The zero-order chi connectivity index (χ0) is 17.3. The Morgan fingerprint density at radius 3 is 2.83 bits per heavy atom. The van der Waals surface area contributed by atoms with Crippen molar-refractivity contribution in [1.29, 1.82) is 0 Å². The smallest absolute Gasteiger partial charge is 0.353 e. The van der Waals surface area contributed by atoms with Gasteiger partial charge < -0.3 is 15.5 Å². The molecule has 1 aromatic rings. The van der Waals surface area contributed by atoms with E-state index in [0.29, 0.717) is 31.9 Å². The Hall–Kier alpha value is -1.54. The Morgan fingerprint density at radius 1 is 1.42 bits per heavy atom. The lowest BCUT2D eigenvalue weighted by Gasteiger charge is -2.20. The number of halogens is 4. The number of rotatable bonds is 3. The Bertz CT molecular complexity index is 619. The molecule has 0 spiro atoms. The summed E-state index contributed by atoms with van der Waals surface area (Å²) in [6, 6.07) is 0.846. The van der Waals surface area contributed by atoms with Crippen LogP contribution < -0.4 is 15.5 Å². The number of carbonyl (C=O) groups is 1. The van der Waals surface area contributed by atoms with Gasteiger partial charge in [-0.15, -0.1) is 0 Å². The van der Waals surface area contributed by atoms with Gasteiger partial charge in [-0.05, 0) is 25.5 Å². The summed E-state index contributed by atoms with van der Waals surface area (Å²) in [6.45, 7) is 2.62. The van der Waals surface area contributed by atoms with E-state index < -0.39 is 11.7 Å². The summed E-state index contributed by atoms with van der Waals surface area (Å²) in [5, 5.41) is 6.12. The van der Waals surface area contributed by atoms with Crippen LogP contribution in [0.3, 0.4) is 0 Å². The SMILES string of the molecule is O=C(NC1CCN(c2ncc(C(F)(F)F)cc2Cl)C1)C1CCNC1. The second-order valence-corrected chi connectivity index (χ2v) is 6.56. The average Bonchev–Trinajstić information content (AvgIpc) is 3.17. The van der Waals surface area contributed by atoms with Crippen molar-refractivity contribution in [2.45, 2.75) is 25.1 Å². The zero-order valence-electron chi connectivity index (χ0n) is 12.9. The van der Waals surface area contributed by atoms with Gasteiger partial charge >= 0.3 is 6.18 Å². The maximum absolute atomic E-state index is 12.7. The van der Waals surface area contributed by atoms with Gasteiger partial charge in [0.05, 0.1) is 16.5 Å². The van der Waals surface area contributed by atoms with Crippen molar-refractivity contribution in [2.75, 3.05) is 31.1 Å². The molecule has 0 bridgehead atoms. The van der Waals surface area contributed by atoms with E-state index in [2.05, 4.69) is 15.6 Å². The monoisotopic (exact) mass is 362 g/mol. The molecule has 0 aromatic carbocycles. The Kier molecular flexibility index (Phi) is 4.87. The average molecular weight is 363 g/mol. The van der Waals surface area contributed by atoms with Gasteiger partial charge in [0.2, 0.25) is 5.91 Å². The lowest BCUT2D eigenvalue weighted by Crippen LogP contribution is -2.41. The van der Waals surface area contributed by atoms with Crippen LogP contribution in [0.15, 0.2) is 12.3 Å². The predicted molar refractivity (Wildman–Crippen MR) is 84.0 cm³/mol. The quantitative estimate of drug-likeness (QED) is 0.864. The highest BCUT2D eigenvalue weighted by molar-refractivity contribution is 6.33. The van der Waals surface area contributed by atoms with Gasteiger partial charge in [0.1, 0.15) is 5.82 Å². The zero-order valence-corrected chi connectivity index (χ0v) is 13.6. The molecule has 9 heteroatoms. The first kappa shape index (κ1) is 17.3. The topological polar surface area (TPSA) is 57.3 Å². The summed E-state index contributed by atoms with van der Waals surface area (Å²) < 4.78 is 38.0. The number of pyridine rings is 1. The fourth-order valence-electron chi connectivity index (χ4n) is 3.09. The molecule has 132 valence electrons. The van der Waals surface area contributed by atoms with E-state index >= 15 is 0 Å². The number of nitrogens with zero attached hydrogens (tertiary/aromatic N) is 2. The Balaban J connectivity index is 1.62. The van der Waals surface area contributed by atoms with Crippen LogP contribution in [0.5, 0.6) is 0 Å². The minimum atomic E-state index is -4.47. The summed E-state index contributed by atoms with van der Waals surface area (Å²) in [5.74, 6) is 0.342. The number of hydrogen-bond acceptors (Lipinski definition) is 4. The molecule has 1 amide bonds. The Morgan fingerprint density at radius 2 is 2.21 bits per heavy atom. The molecular formula is C15H18ClF3N4O. The van der Waals surface area contributed by atoms with E-state index in [1.807, 2.05) is 0 Å². The van der Waals surface area contributed by atoms with Crippen molar-refractivity contribution in [1.82, 2.24) is 15.6 Å². The normalized spacial score (nSPS) is 24.4. The molecule has 2 aliphatic heterocycles. The molecule has 1 aromatic heterocycles. The number of nitrogens with one attached hydrogen (secondary N) is 2. The van der Waals surface area contributed by atoms with Crippen LogP contribution in [0, 0.1) is 5.92 Å². The molecule has 5 nitrogen and oxygen atoms in total. The number of amides is 1. The molecular weight excluding hydrogens is 345 g/mol. The molecule has 2 saturated heterocycles. The standard InChI is InChI=1S/C15H18ClF3N4O/c16-12-5-10(15(17,18)19)7-21-13(12)23-4-2-11(8-23)22-14(24)9-1-3-20-6-9/h5,7,9,11,20H,1-4,6,8H2,(H,22,24). The van der Waals surface area contributed by atoms with Crippen LogP contribution in [0.25, 0.3) is 0 Å². The molecule has 3 rings (SSSR count). The van der Waals surface area contributed by atoms with Crippen molar-refractivity contribution >= 4 is 23.3 Å². The van der Waals surface area contributed by atoms with Crippen molar-refractivity contribution in [3.63, 3.8) is 0 Å². The summed E-state index contributed by atoms with van der Waals surface area (Å²) >= 11 is 5.97. The molecule has 2 N–H and O–H groups in total. The first-order chi connectivity index (χ1) is 11.3. The lowest BCUT2D eigenvalue weighted by atomic mass is 10.1. The van der Waals surface area contributed by atoms with E-state index in [9.17, 15) is 18.0 Å². The molecule has 24 heavy (non-hydrogen) atoms. The molecule has 0 aliphatic carbocycles. The first-order valence-electron chi connectivity index (χ1n) is 7.83. The molecule has 0 saturated carbocycles. The van der Waals surface area contributed by atoms with Crippen LogP contribution in [0.1, 0.15) is 18.4 Å². The first-order valence-corrected chi connectivity index (χ1v) is 8.21. The number of aromatic nitrogens is 1. The minimum Gasteiger partial charge on any atom is -0.353 e. The maximum Gasteiger partial charge on any atom is 0.417 e. The molecule has 2 atom stereocenters. The van der Waals surface area contributed by atoms with Gasteiger partial charge in [0.25, 0.3) is 0 Å². The van der Waals surface area contributed by atoms with Crippen molar-refractivity contribution in [2.24, 2.45) is 5.92 Å². The molecule has 3 heterocycles. The third-order valence-corrected chi connectivity index (χ3v) is 4.69. The highest BCUT2D eigenvalue weighted by atomic mass is 35.5. The molecule has 0 radical (unpaired) electrons. The van der Waals surface area contributed by atoms with Crippen LogP contribution in [0.2, 0.25) is 5.02 Å². The van der Waals surface area contributed by atoms with Crippen molar-refractivity contribution in [3.8, 4) is 0 Å². The van der Waals surface area contributed by atoms with Gasteiger partial charge in [-0.25, -0.2) is 4.98 Å². The maximum atomic E-state index is 12.7. The summed E-state index contributed by atoms with van der Waals surface area (Å²) in [5.41, 5.74) is -0.867. The van der Waals surface area contributed by atoms with E-state index in [4.69, 9.17) is 11.6 Å². The second-order valence-electron chi connectivity index (χ2n) is 6.16. The van der Waals surface area contributed by atoms with Crippen LogP contribution in [0.4, 0.5) is 19.0 Å². The van der Waals surface area contributed by atoms with Gasteiger partial charge in [0, 0.05) is 31.9 Å². The fraction of sp³-hybridized carbons (Fsp3) is 0.600. The van der Waals surface area contributed by atoms with E-state index in [1.54, 1.807) is 4.90 Å². The number of anilines is 1. The number of carbonyl (C=O) groups excluding carboxylic acids is 1. The van der Waals surface area contributed by atoms with Crippen molar-refractivity contribution < 1.29 is 18.0 Å². The predicted octanol–water partition coefficient (Wildman–Crippen LogP) is 2.06.